The van der Waals surface area contributed by atoms with Crippen LogP contribution in [0.3, 0.4) is 0 Å². The zero-order valence-corrected chi connectivity index (χ0v) is 17.6. The highest BCUT2D eigenvalue weighted by molar-refractivity contribution is 6.31. The van der Waals surface area contributed by atoms with Crippen LogP contribution in [-0.2, 0) is 11.3 Å². The minimum atomic E-state index is -0.220. The van der Waals surface area contributed by atoms with Crippen LogP contribution in [0.1, 0.15) is 25.3 Å². The number of carbonyl (C=O) groups excluding carboxylic acids is 1. The molecule has 0 radical (unpaired) electrons. The normalized spacial score (nSPS) is 17.1. The molecule has 1 aliphatic heterocycles. The Kier molecular flexibility index (Phi) is 4.94. The molecular formula is C22H22ClN5O3. The third-order valence-corrected chi connectivity index (χ3v) is 6.27. The second-order valence-corrected chi connectivity index (χ2v) is 8.38. The van der Waals surface area contributed by atoms with E-state index >= 15 is 0 Å². The Morgan fingerprint density at radius 3 is 2.58 bits per heavy atom. The van der Waals surface area contributed by atoms with Gasteiger partial charge in [0.05, 0.1) is 22.1 Å². The maximum atomic E-state index is 12.8. The van der Waals surface area contributed by atoms with E-state index in [1.165, 1.54) is 0 Å². The third-order valence-electron chi connectivity index (χ3n) is 6.03. The minimum Gasteiger partial charge on any atom is -0.342 e. The van der Waals surface area contributed by atoms with Crippen LogP contribution < -0.4 is 11.4 Å². The van der Waals surface area contributed by atoms with Crippen LogP contribution >= 0.6 is 11.6 Å². The lowest BCUT2D eigenvalue weighted by molar-refractivity contribution is -0.134. The van der Waals surface area contributed by atoms with Gasteiger partial charge >= 0.3 is 11.4 Å². The van der Waals surface area contributed by atoms with E-state index in [2.05, 4.69) is 9.97 Å². The lowest BCUT2D eigenvalue weighted by Crippen LogP contribution is -2.41. The molecule has 160 valence electrons. The third kappa shape index (κ3) is 3.57. The van der Waals surface area contributed by atoms with Gasteiger partial charge < -0.3 is 14.9 Å². The van der Waals surface area contributed by atoms with Crippen molar-refractivity contribution in [2.75, 3.05) is 13.1 Å². The largest absolute Gasteiger partial charge is 0.342 e. The molecule has 4 aromatic rings. The van der Waals surface area contributed by atoms with E-state index in [1.54, 1.807) is 21.3 Å². The second kappa shape index (κ2) is 7.77. The van der Waals surface area contributed by atoms with E-state index in [-0.39, 0.29) is 29.7 Å². The van der Waals surface area contributed by atoms with Gasteiger partial charge in [0.2, 0.25) is 5.91 Å². The van der Waals surface area contributed by atoms with E-state index in [0.717, 1.165) is 16.6 Å². The minimum absolute atomic E-state index is 0.0257. The summed E-state index contributed by atoms with van der Waals surface area (Å²) in [7, 11) is 0. The zero-order valence-electron chi connectivity index (χ0n) is 16.8. The summed E-state index contributed by atoms with van der Waals surface area (Å²) in [4.78, 5) is 45.0. The number of rotatable bonds is 5. The molecule has 5 rings (SSSR count). The van der Waals surface area contributed by atoms with Crippen LogP contribution in [0.4, 0.5) is 0 Å². The molecule has 2 aromatic carbocycles. The fraction of sp³-hybridized carbons (Fsp3) is 0.318. The lowest BCUT2D eigenvalue weighted by Gasteiger charge is -2.32. The van der Waals surface area contributed by atoms with Crippen molar-refractivity contribution in [2.24, 2.45) is 0 Å². The van der Waals surface area contributed by atoms with Crippen LogP contribution in [-0.4, -0.2) is 43.0 Å². The predicted molar refractivity (Wildman–Crippen MR) is 120 cm³/mol. The number of carbonyl (C=O) groups is 1. The van der Waals surface area contributed by atoms with E-state index in [9.17, 15) is 14.4 Å². The molecule has 1 aliphatic rings. The summed E-state index contributed by atoms with van der Waals surface area (Å²) >= 11 is 6.02. The number of aryl methyl sites for hydroxylation is 1. The standard InChI is InChI=1S/C22H22ClN5O3/c23-14-6-7-19-17(12-14)25-22(31)28(19)15-8-11-26(20(29)13-15)9-3-10-27-18-5-2-1-4-16(18)24-21(27)30/h1-2,4-7,12,15H,3,8-11,13H2,(H,24,30)(H,25,31). The average Bonchev–Trinajstić information content (AvgIpc) is 3.24. The Morgan fingerprint density at radius 2 is 1.74 bits per heavy atom. The molecule has 31 heavy (non-hydrogen) atoms. The van der Waals surface area contributed by atoms with Crippen molar-refractivity contribution in [3.8, 4) is 0 Å². The summed E-state index contributed by atoms with van der Waals surface area (Å²) in [6, 6.07) is 12.7. The number of likely N-dealkylation sites (tertiary alicyclic amines) is 1. The summed E-state index contributed by atoms with van der Waals surface area (Å²) in [6.45, 7) is 1.70. The molecule has 2 N–H and O–H groups in total. The number of para-hydroxylation sites is 2. The fourth-order valence-corrected chi connectivity index (χ4v) is 4.71. The number of hydrogen-bond donors (Lipinski definition) is 2. The van der Waals surface area contributed by atoms with Gasteiger partial charge in [-0.2, -0.15) is 0 Å². The number of piperidine rings is 1. The Labute approximate surface area is 182 Å². The highest BCUT2D eigenvalue weighted by atomic mass is 35.5. The monoisotopic (exact) mass is 439 g/mol. The zero-order chi connectivity index (χ0) is 21.5. The van der Waals surface area contributed by atoms with Crippen LogP contribution in [0.2, 0.25) is 5.02 Å². The molecule has 0 spiro atoms. The van der Waals surface area contributed by atoms with Gasteiger partial charge in [-0.15, -0.1) is 0 Å². The van der Waals surface area contributed by atoms with Crippen LogP contribution in [0.15, 0.2) is 52.1 Å². The Hall–Kier alpha value is -3.26. The van der Waals surface area contributed by atoms with Crippen LogP contribution in [0, 0.1) is 0 Å². The number of nitrogens with one attached hydrogen (secondary N) is 2. The first kappa shape index (κ1) is 19.7. The molecule has 1 atom stereocenters. The molecule has 3 heterocycles. The van der Waals surface area contributed by atoms with Crippen molar-refractivity contribution < 1.29 is 4.79 Å². The van der Waals surface area contributed by atoms with Gasteiger partial charge in [0.1, 0.15) is 0 Å². The summed E-state index contributed by atoms with van der Waals surface area (Å²) < 4.78 is 3.38. The fourth-order valence-electron chi connectivity index (χ4n) is 4.53. The second-order valence-electron chi connectivity index (χ2n) is 7.94. The highest BCUT2D eigenvalue weighted by Crippen LogP contribution is 2.27. The van der Waals surface area contributed by atoms with Crippen molar-refractivity contribution >= 4 is 39.6 Å². The smallest absolute Gasteiger partial charge is 0.326 e. The maximum absolute atomic E-state index is 12.8. The molecule has 0 bridgehead atoms. The van der Waals surface area contributed by atoms with Gasteiger partial charge in [-0.1, -0.05) is 23.7 Å². The Balaban J connectivity index is 1.25. The number of halogens is 1. The topological polar surface area (TPSA) is 95.9 Å². The lowest BCUT2D eigenvalue weighted by atomic mass is 10.0. The number of imidazole rings is 2. The van der Waals surface area contributed by atoms with Gasteiger partial charge in [0.15, 0.2) is 0 Å². The summed E-state index contributed by atoms with van der Waals surface area (Å²) in [5, 5.41) is 0.557. The van der Waals surface area contributed by atoms with E-state index in [0.29, 0.717) is 43.0 Å². The number of H-pyrrole nitrogens is 2. The first-order chi connectivity index (χ1) is 15.0. The molecule has 9 heteroatoms. The SMILES string of the molecule is O=C1CC(n2c(=O)[nH]c3cc(Cl)ccc32)CCN1CCCn1c(=O)[nH]c2ccccc21. The molecular weight excluding hydrogens is 418 g/mol. The molecule has 1 fully saturated rings. The average molecular weight is 440 g/mol. The van der Waals surface area contributed by atoms with E-state index < -0.39 is 0 Å². The predicted octanol–water partition coefficient (Wildman–Crippen LogP) is 2.88. The number of benzene rings is 2. The number of hydrogen-bond acceptors (Lipinski definition) is 3. The summed E-state index contributed by atoms with van der Waals surface area (Å²) in [6.07, 6.45) is 1.67. The molecule has 1 amide bonds. The van der Waals surface area contributed by atoms with Crippen LogP contribution in [0.25, 0.3) is 22.1 Å². The number of amides is 1. The van der Waals surface area contributed by atoms with Crippen molar-refractivity contribution in [1.82, 2.24) is 24.0 Å². The van der Waals surface area contributed by atoms with Crippen molar-refractivity contribution in [3.63, 3.8) is 0 Å². The number of aromatic nitrogens is 4. The Bertz CT molecular complexity index is 1400. The molecule has 1 saturated heterocycles. The first-order valence-electron chi connectivity index (χ1n) is 10.4. The number of aromatic amines is 2. The quantitative estimate of drug-likeness (QED) is 0.500. The van der Waals surface area contributed by atoms with Gasteiger partial charge in [-0.3, -0.25) is 13.9 Å². The highest BCUT2D eigenvalue weighted by Gasteiger charge is 2.28. The molecule has 0 saturated carbocycles. The first-order valence-corrected chi connectivity index (χ1v) is 10.7. The van der Waals surface area contributed by atoms with Crippen molar-refractivity contribution in [1.29, 1.82) is 0 Å². The van der Waals surface area contributed by atoms with Gasteiger partial charge in [0.25, 0.3) is 0 Å². The van der Waals surface area contributed by atoms with Crippen molar-refractivity contribution in [2.45, 2.75) is 31.8 Å². The van der Waals surface area contributed by atoms with E-state index in [1.807, 2.05) is 35.2 Å². The Morgan fingerprint density at radius 1 is 0.935 bits per heavy atom. The summed E-state index contributed by atoms with van der Waals surface area (Å²) in [5.41, 5.74) is 2.77. The summed E-state index contributed by atoms with van der Waals surface area (Å²) in [5.74, 6) is 0.0257. The van der Waals surface area contributed by atoms with Crippen molar-refractivity contribution in [3.05, 3.63) is 68.5 Å². The maximum Gasteiger partial charge on any atom is 0.326 e. The molecule has 0 aliphatic carbocycles. The van der Waals surface area contributed by atoms with Crippen LogP contribution in [0.5, 0.6) is 0 Å². The number of nitrogens with zero attached hydrogens (tertiary/aromatic N) is 3. The number of fused-ring (bicyclic) bond motifs is 2. The van der Waals surface area contributed by atoms with Gasteiger partial charge in [-0.25, -0.2) is 9.59 Å². The molecule has 1 unspecified atom stereocenters. The van der Waals surface area contributed by atoms with Gasteiger partial charge in [0, 0.05) is 37.1 Å². The van der Waals surface area contributed by atoms with Gasteiger partial charge in [-0.05, 0) is 43.2 Å². The molecule has 2 aromatic heterocycles. The van der Waals surface area contributed by atoms with E-state index in [4.69, 9.17) is 11.6 Å². The molecule has 8 nitrogen and oxygen atoms in total.